The molecule has 0 saturated carbocycles. The van der Waals surface area contributed by atoms with Crippen molar-refractivity contribution in [1.82, 2.24) is 0 Å². The second-order valence-corrected chi connectivity index (χ2v) is 6.95. The molecule has 0 aromatic heterocycles. The third-order valence-corrected chi connectivity index (χ3v) is 3.33. The minimum atomic E-state index is -6.87. The normalized spacial score (nSPS) is 13.3. The molecule has 0 radical (unpaired) electrons. The van der Waals surface area contributed by atoms with Gasteiger partial charge in [-0.05, 0) is 20.3 Å². The monoisotopic (exact) mass is 461 g/mol. The van der Waals surface area contributed by atoms with Crippen molar-refractivity contribution in [3.8, 4) is 0 Å². The molecule has 13 heteroatoms. The standard InChI is InChI=1S/C5H12O.C4HF9O.C4H9N.CH3.V/c1-4-5(2,3)6;5-2(6,7)1(14,3(8,9)10)4(11,12)13;1-4(2,3)5;;/h6H,4H2,1-3H3;14H;1-3H3;1H3;/q;;;-1;. The van der Waals surface area contributed by atoms with E-state index < -0.39 is 29.7 Å². The van der Waals surface area contributed by atoms with Crippen LogP contribution in [0.5, 0.6) is 0 Å². The molecule has 167 valence electrons. The molecule has 0 unspecified atom stereocenters. The second kappa shape index (κ2) is 11.0. The predicted molar refractivity (Wildman–Crippen MR) is 78.3 cm³/mol. The Morgan fingerprint density at radius 2 is 0.852 bits per heavy atom. The maximum atomic E-state index is 11.4. The van der Waals surface area contributed by atoms with Gasteiger partial charge in [-0.3, -0.25) is 0 Å². The fourth-order valence-electron chi connectivity index (χ4n) is 0.482. The number of hydrogen-bond donors (Lipinski definition) is 2. The van der Waals surface area contributed by atoms with Crippen LogP contribution in [0.4, 0.5) is 39.5 Å². The summed E-state index contributed by atoms with van der Waals surface area (Å²) in [7, 11) is 0. The summed E-state index contributed by atoms with van der Waals surface area (Å²) in [5.41, 5.74) is -7.01. The van der Waals surface area contributed by atoms with Gasteiger partial charge in [0.15, 0.2) is 0 Å². The van der Waals surface area contributed by atoms with Crippen molar-refractivity contribution in [1.29, 1.82) is 0 Å². The van der Waals surface area contributed by atoms with Crippen molar-refractivity contribution in [2.45, 2.75) is 83.2 Å². The Morgan fingerprint density at radius 1 is 0.704 bits per heavy atom. The molecule has 27 heavy (non-hydrogen) atoms. The smallest absolute Gasteiger partial charge is 0.390 e. The van der Waals surface area contributed by atoms with Crippen molar-refractivity contribution < 1.29 is 67.0 Å². The van der Waals surface area contributed by atoms with Gasteiger partial charge in [0.05, 0.1) is 5.60 Å². The van der Waals surface area contributed by atoms with Gasteiger partial charge in [-0.25, -0.2) is 0 Å². The number of aliphatic hydroxyl groups is 2. The van der Waals surface area contributed by atoms with Gasteiger partial charge >= 0.3 is 71.5 Å². The summed E-state index contributed by atoms with van der Waals surface area (Å²) in [6, 6.07) is 0. The largest absolute Gasteiger partial charge is 0.435 e. The summed E-state index contributed by atoms with van der Waals surface area (Å²) in [5.74, 6) is 0. The molecule has 0 aliphatic carbocycles. The van der Waals surface area contributed by atoms with E-state index in [-0.39, 0.29) is 13.0 Å². The topological polar surface area (TPSA) is 52.8 Å². The summed E-state index contributed by atoms with van der Waals surface area (Å²) in [6.45, 7) is 11.7. The summed E-state index contributed by atoms with van der Waals surface area (Å²) >= 11 is 2.22. The van der Waals surface area contributed by atoms with Crippen molar-refractivity contribution in [2.24, 2.45) is 3.79 Å². The first-order chi connectivity index (χ1) is 10.9. The van der Waals surface area contributed by atoms with Gasteiger partial charge in [0.25, 0.3) is 0 Å². The van der Waals surface area contributed by atoms with Crippen molar-refractivity contribution >= 4 is 0 Å². The molecule has 0 rings (SSSR count). The minimum absolute atomic E-state index is 0. The molecular weight excluding hydrogens is 436 g/mol. The Morgan fingerprint density at radius 3 is 0.852 bits per heavy atom. The van der Waals surface area contributed by atoms with Crippen LogP contribution in [-0.4, -0.2) is 45.5 Å². The van der Waals surface area contributed by atoms with Crippen molar-refractivity contribution in [2.75, 3.05) is 0 Å². The van der Waals surface area contributed by atoms with Crippen LogP contribution in [-0.2, 0) is 17.2 Å². The second-order valence-electron chi connectivity index (χ2n) is 6.64. The summed E-state index contributed by atoms with van der Waals surface area (Å²) in [6.07, 6.45) is -19.8. The molecule has 0 aromatic rings. The van der Waals surface area contributed by atoms with E-state index in [0.29, 0.717) is 0 Å². The molecule has 0 fully saturated rings. The third-order valence-electron chi connectivity index (χ3n) is 2.40. The molecule has 0 aliphatic rings. The SMILES string of the molecule is CC(C)(C)[N]=[V].CCC(C)(C)O.OC(C(F)(F)F)(C(F)(F)F)C(F)(F)F.[CH3-]. The zero-order valence-corrected chi connectivity index (χ0v) is 17.3. The Bertz CT molecular complexity index is 383. The van der Waals surface area contributed by atoms with E-state index in [0.717, 1.165) is 6.42 Å². The molecule has 0 heterocycles. The molecule has 0 atom stereocenters. The molecule has 3 nitrogen and oxygen atoms in total. The van der Waals surface area contributed by atoms with Crippen LogP contribution in [0.1, 0.15) is 48.0 Å². The van der Waals surface area contributed by atoms with Crippen LogP contribution >= 0.6 is 0 Å². The van der Waals surface area contributed by atoms with Crippen LogP contribution in [0.2, 0.25) is 0 Å². The number of rotatable bonds is 1. The van der Waals surface area contributed by atoms with Crippen LogP contribution in [0.25, 0.3) is 0 Å². The zero-order valence-electron chi connectivity index (χ0n) is 15.9. The molecule has 0 spiro atoms. The van der Waals surface area contributed by atoms with E-state index >= 15 is 0 Å². The van der Waals surface area contributed by atoms with E-state index in [4.69, 9.17) is 10.2 Å². The van der Waals surface area contributed by atoms with Gasteiger partial charge in [0, 0.05) is 0 Å². The molecule has 0 aromatic carbocycles. The van der Waals surface area contributed by atoms with Crippen LogP contribution in [0.15, 0.2) is 3.79 Å². The van der Waals surface area contributed by atoms with Crippen LogP contribution < -0.4 is 0 Å². The third kappa shape index (κ3) is 13.5. The Labute approximate surface area is 162 Å². The Kier molecular flexibility index (Phi) is 13.9. The quantitative estimate of drug-likeness (QED) is 0.398. The first-order valence-corrected chi connectivity index (χ1v) is 7.51. The summed E-state index contributed by atoms with van der Waals surface area (Å²) < 4.78 is 107. The van der Waals surface area contributed by atoms with E-state index in [2.05, 4.69) is 41.8 Å². The fraction of sp³-hybridized carbons (Fsp3) is 0.929. The van der Waals surface area contributed by atoms with Gasteiger partial charge in [-0.1, -0.05) is 6.92 Å². The maximum Gasteiger partial charge on any atom is 0.435 e. The predicted octanol–water partition coefficient (Wildman–Crippen LogP) is 5.54. The van der Waals surface area contributed by atoms with Crippen LogP contribution in [0, 0.1) is 7.43 Å². The van der Waals surface area contributed by atoms with Gasteiger partial charge < -0.3 is 17.6 Å². The zero-order chi connectivity index (χ0) is 22.4. The average Bonchev–Trinajstić information content (AvgIpc) is 2.33. The van der Waals surface area contributed by atoms with Gasteiger partial charge in [-0.2, -0.15) is 39.5 Å². The van der Waals surface area contributed by atoms with Crippen LogP contribution in [0.3, 0.4) is 0 Å². The molecule has 0 saturated heterocycles. The van der Waals surface area contributed by atoms with E-state index in [1.165, 1.54) is 0 Å². The van der Waals surface area contributed by atoms with Crippen molar-refractivity contribution in [3.05, 3.63) is 7.43 Å². The molecule has 0 aliphatic heterocycles. The Hall–Kier alpha value is -0.326. The molecular formula is C14H25F9NO2V-. The van der Waals surface area contributed by atoms with Gasteiger partial charge in [-0.15, -0.1) is 0 Å². The maximum absolute atomic E-state index is 11.4. The minimum Gasteiger partial charge on any atom is -0.390 e. The number of halogens is 9. The number of hydrogen-bond acceptors (Lipinski definition) is 3. The number of alkyl halides is 9. The van der Waals surface area contributed by atoms with E-state index in [1.807, 2.05) is 6.92 Å². The molecule has 2 N–H and O–H groups in total. The first kappa shape index (κ1) is 34.2. The Balaban J connectivity index is -0.000000170. The summed E-state index contributed by atoms with van der Waals surface area (Å²) in [4.78, 5) is 0. The average molecular weight is 461 g/mol. The molecule has 0 amide bonds. The fourth-order valence-corrected chi connectivity index (χ4v) is 0.482. The van der Waals surface area contributed by atoms with Crippen molar-refractivity contribution in [3.63, 3.8) is 0 Å². The van der Waals surface area contributed by atoms with Gasteiger partial charge in [0.2, 0.25) is 0 Å². The van der Waals surface area contributed by atoms with E-state index in [9.17, 15) is 39.5 Å². The molecule has 0 bridgehead atoms. The van der Waals surface area contributed by atoms with E-state index in [1.54, 1.807) is 13.8 Å². The summed E-state index contributed by atoms with van der Waals surface area (Å²) in [5, 5.41) is 16.5. The van der Waals surface area contributed by atoms with Gasteiger partial charge in [0.1, 0.15) is 0 Å². The number of nitrogens with zero attached hydrogens (tertiary/aromatic N) is 1. The first-order valence-electron chi connectivity index (χ1n) is 6.88.